The van der Waals surface area contributed by atoms with Crippen LogP contribution < -0.4 is 5.32 Å². The van der Waals surface area contributed by atoms with E-state index in [1.807, 2.05) is 6.07 Å². The number of aromatic nitrogens is 2. The van der Waals surface area contributed by atoms with Gasteiger partial charge >= 0.3 is 0 Å². The molecule has 0 unspecified atom stereocenters. The second-order valence-corrected chi connectivity index (χ2v) is 5.65. The number of H-pyrrole nitrogens is 1. The lowest BCUT2D eigenvalue weighted by molar-refractivity contribution is 0.361. The Hall–Kier alpha value is -1.77. The molecule has 3 heteroatoms. The molecule has 100 valence electrons. The van der Waals surface area contributed by atoms with Crippen molar-refractivity contribution in [2.24, 2.45) is 5.92 Å². The van der Waals surface area contributed by atoms with Crippen LogP contribution in [0.1, 0.15) is 32.6 Å². The molecule has 1 heterocycles. The second kappa shape index (κ2) is 5.47. The minimum absolute atomic E-state index is 0.633. The van der Waals surface area contributed by atoms with Gasteiger partial charge < -0.3 is 5.32 Å². The Morgan fingerprint density at radius 2 is 2.00 bits per heavy atom. The number of aromatic amines is 1. The summed E-state index contributed by atoms with van der Waals surface area (Å²) < 4.78 is 0. The predicted octanol–water partition coefficient (Wildman–Crippen LogP) is 4.07. The Bertz CT molecular complexity index is 511. The molecule has 1 saturated carbocycles. The summed E-state index contributed by atoms with van der Waals surface area (Å²) in [6, 6.07) is 11.2. The van der Waals surface area contributed by atoms with Gasteiger partial charge in [-0.1, -0.05) is 19.1 Å². The topological polar surface area (TPSA) is 40.7 Å². The van der Waals surface area contributed by atoms with E-state index in [4.69, 9.17) is 0 Å². The van der Waals surface area contributed by atoms with Crippen molar-refractivity contribution in [2.45, 2.75) is 38.6 Å². The fourth-order valence-electron chi connectivity index (χ4n) is 2.83. The van der Waals surface area contributed by atoms with Crippen LogP contribution >= 0.6 is 0 Å². The molecule has 2 N–H and O–H groups in total. The highest BCUT2D eigenvalue weighted by atomic mass is 15.1. The summed E-state index contributed by atoms with van der Waals surface area (Å²) in [5.74, 6) is 0.898. The van der Waals surface area contributed by atoms with Crippen LogP contribution in [0.3, 0.4) is 0 Å². The van der Waals surface area contributed by atoms with Crippen LogP contribution in [0.15, 0.2) is 36.5 Å². The number of nitrogens with zero attached hydrogens (tertiary/aromatic N) is 1. The first kappa shape index (κ1) is 12.3. The van der Waals surface area contributed by atoms with Crippen molar-refractivity contribution in [3.63, 3.8) is 0 Å². The molecule has 0 saturated heterocycles. The molecular formula is C16H21N3. The minimum Gasteiger partial charge on any atom is -0.382 e. The van der Waals surface area contributed by atoms with Gasteiger partial charge in [-0.2, -0.15) is 5.10 Å². The van der Waals surface area contributed by atoms with Crippen molar-refractivity contribution in [3.8, 4) is 11.3 Å². The van der Waals surface area contributed by atoms with Gasteiger partial charge in [0.2, 0.25) is 0 Å². The van der Waals surface area contributed by atoms with Crippen LogP contribution in [0, 0.1) is 5.92 Å². The van der Waals surface area contributed by atoms with E-state index in [1.54, 1.807) is 6.20 Å². The molecule has 0 atom stereocenters. The first-order valence-electron chi connectivity index (χ1n) is 7.17. The van der Waals surface area contributed by atoms with E-state index in [2.05, 4.69) is 46.7 Å². The molecule has 3 rings (SSSR count). The van der Waals surface area contributed by atoms with Gasteiger partial charge in [0, 0.05) is 23.5 Å². The lowest BCUT2D eigenvalue weighted by atomic mass is 9.87. The average molecular weight is 255 g/mol. The van der Waals surface area contributed by atoms with E-state index < -0.39 is 0 Å². The highest BCUT2D eigenvalue weighted by Crippen LogP contribution is 2.27. The molecule has 0 radical (unpaired) electrons. The van der Waals surface area contributed by atoms with Gasteiger partial charge in [0.25, 0.3) is 0 Å². The maximum atomic E-state index is 4.01. The fraction of sp³-hybridized carbons (Fsp3) is 0.438. The summed E-state index contributed by atoms with van der Waals surface area (Å²) in [7, 11) is 0. The Morgan fingerprint density at radius 1 is 1.16 bits per heavy atom. The van der Waals surface area contributed by atoms with Gasteiger partial charge in [-0.15, -0.1) is 0 Å². The minimum atomic E-state index is 0.633. The van der Waals surface area contributed by atoms with Crippen molar-refractivity contribution in [1.82, 2.24) is 10.2 Å². The summed E-state index contributed by atoms with van der Waals surface area (Å²) in [5, 5.41) is 10.7. The van der Waals surface area contributed by atoms with E-state index in [-0.39, 0.29) is 0 Å². The number of benzene rings is 1. The van der Waals surface area contributed by atoms with Gasteiger partial charge in [0.1, 0.15) is 0 Å². The fourth-order valence-corrected chi connectivity index (χ4v) is 2.83. The maximum Gasteiger partial charge on any atom is 0.0650 e. The molecule has 3 nitrogen and oxygen atoms in total. The molecule has 0 aliphatic heterocycles. The maximum absolute atomic E-state index is 4.01. The summed E-state index contributed by atoms with van der Waals surface area (Å²) in [5.41, 5.74) is 3.47. The van der Waals surface area contributed by atoms with Crippen molar-refractivity contribution in [3.05, 3.63) is 36.5 Å². The van der Waals surface area contributed by atoms with E-state index >= 15 is 0 Å². The second-order valence-electron chi connectivity index (χ2n) is 5.65. The average Bonchev–Trinajstić information content (AvgIpc) is 2.96. The van der Waals surface area contributed by atoms with Crippen molar-refractivity contribution in [1.29, 1.82) is 0 Å². The monoisotopic (exact) mass is 255 g/mol. The molecule has 1 fully saturated rings. The molecule has 1 aliphatic rings. The van der Waals surface area contributed by atoms with Crippen LogP contribution in [0.5, 0.6) is 0 Å². The smallest absolute Gasteiger partial charge is 0.0650 e. The molecule has 1 aliphatic carbocycles. The Kier molecular flexibility index (Phi) is 3.53. The van der Waals surface area contributed by atoms with Gasteiger partial charge in [0.15, 0.2) is 0 Å². The Labute approximate surface area is 114 Å². The number of nitrogens with one attached hydrogen (secondary N) is 2. The third-order valence-corrected chi connectivity index (χ3v) is 4.06. The zero-order valence-corrected chi connectivity index (χ0v) is 11.4. The summed E-state index contributed by atoms with van der Waals surface area (Å²) in [6.07, 6.45) is 7.05. The zero-order chi connectivity index (χ0) is 13.1. The zero-order valence-electron chi connectivity index (χ0n) is 11.4. The standard InChI is InChI=1S/C16H21N3/c1-12-5-7-14(8-6-12)18-15-4-2-3-13(11-15)16-9-10-17-19-16/h2-4,9-12,14,18H,5-8H2,1H3,(H,17,19). The molecule has 0 spiro atoms. The third kappa shape index (κ3) is 2.98. The van der Waals surface area contributed by atoms with Gasteiger partial charge in [-0.3, -0.25) is 5.10 Å². The van der Waals surface area contributed by atoms with E-state index in [0.29, 0.717) is 6.04 Å². The molecule has 19 heavy (non-hydrogen) atoms. The third-order valence-electron chi connectivity index (χ3n) is 4.06. The lowest BCUT2D eigenvalue weighted by Crippen LogP contribution is -2.25. The molecule has 0 amide bonds. The van der Waals surface area contributed by atoms with Gasteiger partial charge in [-0.25, -0.2) is 0 Å². The number of anilines is 1. The molecular weight excluding hydrogens is 234 g/mol. The van der Waals surface area contributed by atoms with Crippen LogP contribution in [-0.4, -0.2) is 16.2 Å². The van der Waals surface area contributed by atoms with Crippen LogP contribution in [0.25, 0.3) is 11.3 Å². The SMILES string of the molecule is CC1CCC(Nc2cccc(-c3ccn[nH]3)c2)CC1. The molecule has 0 bridgehead atoms. The quantitative estimate of drug-likeness (QED) is 0.868. The van der Waals surface area contributed by atoms with Crippen LogP contribution in [0.4, 0.5) is 5.69 Å². The largest absolute Gasteiger partial charge is 0.382 e. The number of hydrogen-bond donors (Lipinski definition) is 2. The van der Waals surface area contributed by atoms with Gasteiger partial charge in [0.05, 0.1) is 5.69 Å². The van der Waals surface area contributed by atoms with Gasteiger partial charge in [-0.05, 0) is 49.8 Å². The first-order valence-corrected chi connectivity index (χ1v) is 7.17. The van der Waals surface area contributed by atoms with Crippen molar-refractivity contribution < 1.29 is 0 Å². The normalized spacial score (nSPS) is 23.2. The Morgan fingerprint density at radius 3 is 2.74 bits per heavy atom. The molecule has 1 aromatic heterocycles. The van der Waals surface area contributed by atoms with E-state index in [1.165, 1.54) is 36.9 Å². The highest BCUT2D eigenvalue weighted by Gasteiger charge is 2.17. The van der Waals surface area contributed by atoms with Crippen molar-refractivity contribution in [2.75, 3.05) is 5.32 Å². The number of hydrogen-bond acceptors (Lipinski definition) is 2. The Balaban J connectivity index is 1.70. The van der Waals surface area contributed by atoms with E-state index in [0.717, 1.165) is 11.6 Å². The number of rotatable bonds is 3. The highest BCUT2D eigenvalue weighted by molar-refractivity contribution is 5.64. The first-order chi connectivity index (χ1) is 9.31. The predicted molar refractivity (Wildman–Crippen MR) is 79.1 cm³/mol. The van der Waals surface area contributed by atoms with Crippen LogP contribution in [-0.2, 0) is 0 Å². The lowest BCUT2D eigenvalue weighted by Gasteiger charge is -2.27. The summed E-state index contributed by atoms with van der Waals surface area (Å²) >= 11 is 0. The van der Waals surface area contributed by atoms with Crippen LogP contribution in [0.2, 0.25) is 0 Å². The summed E-state index contributed by atoms with van der Waals surface area (Å²) in [6.45, 7) is 2.36. The summed E-state index contributed by atoms with van der Waals surface area (Å²) in [4.78, 5) is 0. The van der Waals surface area contributed by atoms with E-state index in [9.17, 15) is 0 Å². The molecule has 1 aromatic carbocycles. The van der Waals surface area contributed by atoms with Crippen molar-refractivity contribution >= 4 is 5.69 Å². The molecule has 2 aromatic rings.